The van der Waals surface area contributed by atoms with Gasteiger partial charge in [0.25, 0.3) is 0 Å². The molecule has 0 bridgehead atoms. The molecular weight excluding hydrogens is 494 g/mol. The van der Waals surface area contributed by atoms with Crippen LogP contribution in [0.15, 0.2) is 127 Å². The number of rotatable bonds is 6. The number of thiophene rings is 1. The smallest absolute Gasteiger partial charge is 0.101 e. The van der Waals surface area contributed by atoms with Crippen molar-refractivity contribution < 1.29 is 0 Å². The highest BCUT2D eigenvalue weighted by Gasteiger charge is 2.20. The molecule has 0 amide bonds. The number of aromatic nitrogens is 1. The lowest BCUT2D eigenvalue weighted by Crippen LogP contribution is -2.23. The monoisotopic (exact) mass is 521 g/mol. The minimum absolute atomic E-state index is 0.0609. The molecule has 5 aromatic carbocycles. The van der Waals surface area contributed by atoms with E-state index in [4.69, 9.17) is 5.41 Å². The van der Waals surface area contributed by atoms with Crippen molar-refractivity contribution in [1.82, 2.24) is 9.88 Å². The summed E-state index contributed by atoms with van der Waals surface area (Å²) in [5.41, 5.74) is 5.75. The molecule has 0 radical (unpaired) electrons. The van der Waals surface area contributed by atoms with Crippen molar-refractivity contribution in [2.45, 2.75) is 13.1 Å². The second-order valence-electron chi connectivity index (χ2n) is 9.85. The molecule has 2 N–H and O–H groups in total. The molecule has 0 aliphatic carbocycles. The lowest BCUT2D eigenvalue weighted by Gasteiger charge is -2.22. The largest absolute Gasteiger partial charge is 0.365 e. The Labute approximate surface area is 231 Å². The summed E-state index contributed by atoms with van der Waals surface area (Å²) in [5.74, 6) is 0. The fourth-order valence-corrected chi connectivity index (χ4v) is 6.90. The molecule has 7 rings (SSSR count). The predicted octanol–water partition coefficient (Wildman–Crippen LogP) is 9.38. The van der Waals surface area contributed by atoms with Crippen LogP contribution in [-0.4, -0.2) is 10.3 Å². The van der Waals surface area contributed by atoms with Crippen molar-refractivity contribution in [3.63, 3.8) is 0 Å². The molecule has 0 aliphatic heterocycles. The predicted molar refractivity (Wildman–Crippen MR) is 168 cm³/mol. The average Bonchev–Trinajstić information content (AvgIpc) is 3.53. The van der Waals surface area contributed by atoms with Crippen LogP contribution in [0.3, 0.4) is 0 Å². The zero-order valence-corrected chi connectivity index (χ0v) is 22.4. The maximum Gasteiger partial charge on any atom is 0.101 e. The Kier molecular flexibility index (Phi) is 5.75. The van der Waals surface area contributed by atoms with Crippen LogP contribution in [0, 0.1) is 5.41 Å². The van der Waals surface area contributed by atoms with Gasteiger partial charge in [0.1, 0.15) is 6.17 Å². The van der Waals surface area contributed by atoms with Gasteiger partial charge in [0.2, 0.25) is 0 Å². The highest BCUT2D eigenvalue weighted by molar-refractivity contribution is 7.26. The Bertz CT molecular complexity index is 2010. The fraction of sp³-hybridized carbons (Fsp3) is 0.0571. The number of nitrogens with zero attached hydrogens (tertiary/aromatic N) is 1. The standard InChI is InChI=1S/C35H27N3S/c1-23(37-30(25-14-6-3-7-15-25)22-29(36)24-12-4-2-5-13-24)38-31-18-10-8-17-28(31)34-32(38)21-20-27-26-16-9-11-19-33(26)39-35(27)34/h2-23,36-37H,1H3/b30-22-,36-29?. The van der Waals surface area contributed by atoms with E-state index in [0.717, 1.165) is 16.8 Å². The number of hydrogen-bond acceptors (Lipinski definition) is 3. The molecule has 3 nitrogen and oxygen atoms in total. The van der Waals surface area contributed by atoms with Crippen LogP contribution < -0.4 is 5.32 Å². The van der Waals surface area contributed by atoms with E-state index >= 15 is 0 Å². The first-order chi connectivity index (χ1) is 19.2. The van der Waals surface area contributed by atoms with Gasteiger partial charge in [-0.15, -0.1) is 11.3 Å². The molecule has 1 atom stereocenters. The molecule has 1 unspecified atom stereocenters. The van der Waals surface area contributed by atoms with E-state index in [2.05, 4.69) is 89.6 Å². The third-order valence-corrected chi connectivity index (χ3v) is 8.63. The van der Waals surface area contributed by atoms with E-state index in [9.17, 15) is 0 Å². The van der Waals surface area contributed by atoms with Gasteiger partial charge in [0.15, 0.2) is 0 Å². The van der Waals surface area contributed by atoms with E-state index in [1.807, 2.05) is 65.9 Å². The Balaban J connectivity index is 1.39. The van der Waals surface area contributed by atoms with Crippen LogP contribution in [0.4, 0.5) is 0 Å². The van der Waals surface area contributed by atoms with Crippen molar-refractivity contribution in [3.05, 3.63) is 139 Å². The summed E-state index contributed by atoms with van der Waals surface area (Å²) in [6, 6.07) is 42.1. The average molecular weight is 522 g/mol. The van der Waals surface area contributed by atoms with Crippen molar-refractivity contribution in [3.8, 4) is 0 Å². The molecule has 2 heterocycles. The summed E-state index contributed by atoms with van der Waals surface area (Å²) in [7, 11) is 0. The first-order valence-corrected chi connectivity index (χ1v) is 14.0. The summed E-state index contributed by atoms with van der Waals surface area (Å²) in [6.45, 7) is 2.20. The lowest BCUT2D eigenvalue weighted by molar-refractivity contribution is 0.536. The van der Waals surface area contributed by atoms with E-state index in [-0.39, 0.29) is 6.17 Å². The highest BCUT2D eigenvalue weighted by Crippen LogP contribution is 2.43. The molecular formula is C35H27N3S. The van der Waals surface area contributed by atoms with Crippen LogP contribution in [0.25, 0.3) is 47.7 Å². The Morgan fingerprint density at radius 2 is 1.33 bits per heavy atom. The third-order valence-electron chi connectivity index (χ3n) is 7.43. The van der Waals surface area contributed by atoms with E-state index in [0.29, 0.717) is 5.71 Å². The van der Waals surface area contributed by atoms with Gasteiger partial charge in [-0.1, -0.05) is 103 Å². The van der Waals surface area contributed by atoms with E-state index in [1.54, 1.807) is 0 Å². The van der Waals surface area contributed by atoms with Gasteiger partial charge in [0, 0.05) is 36.6 Å². The SMILES string of the molecule is CC(N/C(=C\C(=N)c1ccccc1)c1ccccc1)n1c2ccccc2c2c3sc4ccccc4c3ccc21. The van der Waals surface area contributed by atoms with Crippen molar-refractivity contribution in [1.29, 1.82) is 5.41 Å². The molecule has 0 saturated heterocycles. The normalized spacial score (nSPS) is 12.9. The topological polar surface area (TPSA) is 40.8 Å². The van der Waals surface area contributed by atoms with Gasteiger partial charge >= 0.3 is 0 Å². The highest BCUT2D eigenvalue weighted by atomic mass is 32.1. The summed E-state index contributed by atoms with van der Waals surface area (Å²) in [4.78, 5) is 0. The van der Waals surface area contributed by atoms with Crippen LogP contribution in [-0.2, 0) is 0 Å². The van der Waals surface area contributed by atoms with Gasteiger partial charge < -0.3 is 15.3 Å². The zero-order valence-electron chi connectivity index (χ0n) is 21.6. The molecule has 188 valence electrons. The zero-order chi connectivity index (χ0) is 26.3. The van der Waals surface area contributed by atoms with Gasteiger partial charge in [-0.2, -0.15) is 0 Å². The Morgan fingerprint density at radius 3 is 2.10 bits per heavy atom. The number of benzene rings is 5. The van der Waals surface area contributed by atoms with Crippen LogP contribution in [0.2, 0.25) is 0 Å². The van der Waals surface area contributed by atoms with Crippen molar-refractivity contribution >= 4 is 64.7 Å². The minimum atomic E-state index is -0.0609. The third kappa shape index (κ3) is 4.01. The maximum atomic E-state index is 8.81. The Morgan fingerprint density at radius 1 is 0.692 bits per heavy atom. The van der Waals surface area contributed by atoms with Gasteiger partial charge in [-0.25, -0.2) is 0 Å². The first-order valence-electron chi connectivity index (χ1n) is 13.2. The molecule has 0 fully saturated rings. The van der Waals surface area contributed by atoms with Crippen LogP contribution >= 0.6 is 11.3 Å². The maximum absolute atomic E-state index is 8.81. The first kappa shape index (κ1) is 23.4. The molecule has 0 spiro atoms. The van der Waals surface area contributed by atoms with Gasteiger partial charge in [-0.05, 0) is 42.3 Å². The number of para-hydroxylation sites is 1. The molecule has 0 aliphatic rings. The van der Waals surface area contributed by atoms with Crippen LogP contribution in [0.1, 0.15) is 24.2 Å². The Hall–Kier alpha value is -4.67. The number of hydrogen-bond donors (Lipinski definition) is 2. The van der Waals surface area contributed by atoms with Gasteiger partial charge in [-0.3, -0.25) is 0 Å². The molecule has 7 aromatic rings. The number of allylic oxidation sites excluding steroid dienone is 1. The quantitative estimate of drug-likeness (QED) is 0.210. The summed E-state index contributed by atoms with van der Waals surface area (Å²) in [5, 5.41) is 17.8. The van der Waals surface area contributed by atoms with E-state index < -0.39 is 0 Å². The minimum Gasteiger partial charge on any atom is -0.365 e. The van der Waals surface area contributed by atoms with Crippen molar-refractivity contribution in [2.24, 2.45) is 0 Å². The van der Waals surface area contributed by atoms with E-state index in [1.165, 1.54) is 42.0 Å². The summed E-state index contributed by atoms with van der Waals surface area (Å²) >= 11 is 1.87. The number of fused-ring (bicyclic) bond motifs is 7. The van der Waals surface area contributed by atoms with Crippen molar-refractivity contribution in [2.75, 3.05) is 0 Å². The number of nitrogens with one attached hydrogen (secondary N) is 2. The fourth-order valence-electron chi connectivity index (χ4n) is 5.64. The molecule has 0 saturated carbocycles. The summed E-state index contributed by atoms with van der Waals surface area (Å²) < 4.78 is 5.05. The lowest BCUT2D eigenvalue weighted by atomic mass is 10.1. The second kappa shape index (κ2) is 9.57. The second-order valence-corrected chi connectivity index (χ2v) is 10.9. The van der Waals surface area contributed by atoms with Crippen LogP contribution in [0.5, 0.6) is 0 Å². The molecule has 4 heteroatoms. The summed E-state index contributed by atoms with van der Waals surface area (Å²) in [6.07, 6.45) is 1.88. The van der Waals surface area contributed by atoms with Gasteiger partial charge in [0.05, 0.1) is 16.7 Å². The molecule has 2 aromatic heterocycles. The molecule has 39 heavy (non-hydrogen) atoms.